The Bertz CT molecular complexity index is 660. The molecule has 0 aliphatic heterocycles. The molecule has 4 heteroatoms. The number of aliphatic hydroxyl groups is 1. The highest BCUT2D eigenvalue weighted by Gasteiger charge is 2.09. The Morgan fingerprint density at radius 1 is 1.29 bits per heavy atom. The number of anilines is 1. The maximum Gasteiger partial charge on any atom is 0.272 e. The lowest BCUT2D eigenvalue weighted by Crippen LogP contribution is -2.16. The van der Waals surface area contributed by atoms with Crippen molar-refractivity contribution in [1.29, 1.82) is 0 Å². The van der Waals surface area contributed by atoms with Crippen molar-refractivity contribution in [3.8, 4) is 11.8 Å². The highest BCUT2D eigenvalue weighted by atomic mass is 16.2. The minimum atomic E-state index is -0.124. The van der Waals surface area contributed by atoms with Crippen LogP contribution in [-0.4, -0.2) is 22.2 Å². The van der Waals surface area contributed by atoms with Crippen molar-refractivity contribution in [2.24, 2.45) is 0 Å². The van der Waals surface area contributed by atoms with Crippen LogP contribution in [0.2, 0.25) is 0 Å². The van der Waals surface area contributed by atoms with Crippen LogP contribution in [-0.2, 0) is 6.54 Å². The van der Waals surface area contributed by atoms with E-state index < -0.39 is 0 Å². The molecule has 0 fully saturated rings. The first-order chi connectivity index (χ1) is 10.2. The predicted octanol–water partition coefficient (Wildman–Crippen LogP) is 2.49. The smallest absolute Gasteiger partial charge is 0.272 e. The molecule has 0 aliphatic carbocycles. The van der Waals surface area contributed by atoms with Gasteiger partial charge in [0.1, 0.15) is 5.69 Å². The summed E-state index contributed by atoms with van der Waals surface area (Å²) >= 11 is 0. The van der Waals surface area contributed by atoms with Gasteiger partial charge in [-0.25, -0.2) is 0 Å². The molecule has 0 aliphatic rings. The van der Waals surface area contributed by atoms with Gasteiger partial charge in [0.15, 0.2) is 0 Å². The van der Waals surface area contributed by atoms with Crippen LogP contribution in [0.4, 0.5) is 5.69 Å². The summed E-state index contributed by atoms with van der Waals surface area (Å²) in [6.45, 7) is 2.82. The molecule has 0 radical (unpaired) electrons. The topological polar surface area (TPSA) is 54.3 Å². The maximum absolute atomic E-state index is 12.2. The molecule has 0 atom stereocenters. The lowest BCUT2D eigenvalue weighted by atomic mass is 10.2. The summed E-state index contributed by atoms with van der Waals surface area (Å²) in [4.78, 5) is 12.2. The summed E-state index contributed by atoms with van der Waals surface area (Å²) < 4.78 is 1.89. The number of amides is 1. The molecular weight excluding hydrogens is 264 g/mol. The Balaban J connectivity index is 2.04. The molecular formula is C17H18N2O2. The van der Waals surface area contributed by atoms with E-state index in [1.165, 1.54) is 0 Å². The maximum atomic E-state index is 12.2. The van der Waals surface area contributed by atoms with Crippen molar-refractivity contribution in [1.82, 2.24) is 4.57 Å². The van der Waals surface area contributed by atoms with Crippen LogP contribution in [0.1, 0.15) is 29.4 Å². The van der Waals surface area contributed by atoms with Crippen molar-refractivity contribution < 1.29 is 9.90 Å². The predicted molar refractivity (Wildman–Crippen MR) is 83.1 cm³/mol. The van der Waals surface area contributed by atoms with E-state index in [2.05, 4.69) is 17.2 Å². The highest BCUT2D eigenvalue weighted by Crippen LogP contribution is 2.11. The first kappa shape index (κ1) is 14.9. The average Bonchev–Trinajstić information content (AvgIpc) is 2.98. The first-order valence-electron chi connectivity index (χ1n) is 6.91. The van der Waals surface area contributed by atoms with Crippen LogP contribution >= 0.6 is 0 Å². The Hall–Kier alpha value is -2.51. The lowest BCUT2D eigenvalue weighted by Gasteiger charge is -2.07. The van der Waals surface area contributed by atoms with Gasteiger partial charge in [-0.05, 0) is 43.3 Å². The third-order valence-corrected chi connectivity index (χ3v) is 3.02. The van der Waals surface area contributed by atoms with Crippen LogP contribution in [0.15, 0.2) is 42.6 Å². The van der Waals surface area contributed by atoms with E-state index in [0.717, 1.165) is 17.8 Å². The number of nitrogens with zero attached hydrogens (tertiary/aromatic N) is 1. The SMILES string of the molecule is CCn1cccc1C(=O)Nc1ccc(C#CCCO)cc1. The number of nitrogens with one attached hydrogen (secondary N) is 1. The quantitative estimate of drug-likeness (QED) is 0.847. The highest BCUT2D eigenvalue weighted by molar-refractivity contribution is 6.03. The van der Waals surface area contributed by atoms with Crippen molar-refractivity contribution in [2.75, 3.05) is 11.9 Å². The van der Waals surface area contributed by atoms with E-state index >= 15 is 0 Å². The molecule has 2 aromatic rings. The third-order valence-electron chi connectivity index (χ3n) is 3.02. The summed E-state index contributed by atoms with van der Waals surface area (Å²) in [5, 5.41) is 11.5. The molecule has 2 N–H and O–H groups in total. The van der Waals surface area contributed by atoms with Crippen LogP contribution in [0.25, 0.3) is 0 Å². The number of aromatic nitrogens is 1. The number of carbonyl (C=O) groups is 1. The van der Waals surface area contributed by atoms with Gasteiger partial charge < -0.3 is 15.0 Å². The van der Waals surface area contributed by atoms with Crippen LogP contribution in [0.3, 0.4) is 0 Å². The molecule has 4 nitrogen and oxygen atoms in total. The fraction of sp³-hybridized carbons (Fsp3) is 0.235. The Morgan fingerprint density at radius 3 is 2.71 bits per heavy atom. The number of benzene rings is 1. The van der Waals surface area contributed by atoms with Gasteiger partial charge in [-0.15, -0.1) is 0 Å². The van der Waals surface area contributed by atoms with Gasteiger partial charge in [0.25, 0.3) is 5.91 Å². The molecule has 21 heavy (non-hydrogen) atoms. The second-order valence-electron chi connectivity index (χ2n) is 4.49. The summed E-state index contributed by atoms with van der Waals surface area (Å²) in [5.74, 6) is 5.68. The van der Waals surface area contributed by atoms with Crippen LogP contribution in [0.5, 0.6) is 0 Å². The summed E-state index contributed by atoms with van der Waals surface area (Å²) in [5.41, 5.74) is 2.24. The molecule has 0 unspecified atom stereocenters. The van der Waals surface area contributed by atoms with Gasteiger partial charge in [-0.2, -0.15) is 0 Å². The van der Waals surface area contributed by atoms with Crippen molar-refractivity contribution in [3.05, 3.63) is 53.9 Å². The molecule has 0 spiro atoms. The summed E-state index contributed by atoms with van der Waals surface area (Å²) in [7, 11) is 0. The molecule has 0 saturated carbocycles. The number of aliphatic hydroxyl groups excluding tert-OH is 1. The van der Waals surface area contributed by atoms with E-state index in [4.69, 9.17) is 5.11 Å². The Labute approximate surface area is 124 Å². The van der Waals surface area contributed by atoms with E-state index in [1.807, 2.05) is 48.0 Å². The fourth-order valence-electron chi connectivity index (χ4n) is 1.95. The Kier molecular flexibility index (Phi) is 5.19. The zero-order chi connectivity index (χ0) is 15.1. The molecule has 0 bridgehead atoms. The minimum absolute atomic E-state index is 0.0677. The molecule has 1 aromatic heterocycles. The van der Waals surface area contributed by atoms with E-state index in [0.29, 0.717) is 12.1 Å². The standard InChI is InChI=1S/C17H18N2O2/c1-2-19-12-5-7-16(19)17(21)18-15-10-8-14(9-11-15)6-3-4-13-20/h5,7-12,20H,2,4,13H2,1H3,(H,18,21). The molecule has 2 rings (SSSR count). The minimum Gasteiger partial charge on any atom is -0.395 e. The zero-order valence-electron chi connectivity index (χ0n) is 12.0. The largest absolute Gasteiger partial charge is 0.395 e. The summed E-state index contributed by atoms with van der Waals surface area (Å²) in [6.07, 6.45) is 2.35. The van der Waals surface area contributed by atoms with Gasteiger partial charge in [0.05, 0.1) is 6.61 Å². The van der Waals surface area contributed by atoms with E-state index in [9.17, 15) is 4.79 Å². The van der Waals surface area contributed by atoms with Crippen molar-refractivity contribution in [3.63, 3.8) is 0 Å². The number of rotatable bonds is 4. The van der Waals surface area contributed by atoms with Gasteiger partial charge in [-0.1, -0.05) is 11.8 Å². The molecule has 1 heterocycles. The van der Waals surface area contributed by atoms with E-state index in [-0.39, 0.29) is 12.5 Å². The summed E-state index contributed by atoms with van der Waals surface area (Å²) in [6, 6.07) is 11.0. The number of carbonyl (C=O) groups excluding carboxylic acids is 1. The molecule has 1 amide bonds. The van der Waals surface area contributed by atoms with Crippen LogP contribution in [0, 0.1) is 11.8 Å². The zero-order valence-corrected chi connectivity index (χ0v) is 12.0. The lowest BCUT2D eigenvalue weighted by molar-refractivity contribution is 0.101. The van der Waals surface area contributed by atoms with E-state index in [1.54, 1.807) is 6.07 Å². The van der Waals surface area contributed by atoms with Gasteiger partial charge in [-0.3, -0.25) is 4.79 Å². The van der Waals surface area contributed by atoms with Crippen LogP contribution < -0.4 is 5.32 Å². The van der Waals surface area contributed by atoms with Crippen molar-refractivity contribution in [2.45, 2.75) is 19.9 Å². The monoisotopic (exact) mass is 282 g/mol. The second kappa shape index (κ2) is 7.32. The van der Waals surface area contributed by atoms with Crippen molar-refractivity contribution >= 4 is 11.6 Å². The average molecular weight is 282 g/mol. The normalized spacial score (nSPS) is 9.81. The molecule has 1 aromatic carbocycles. The third kappa shape index (κ3) is 3.98. The first-order valence-corrected chi connectivity index (χ1v) is 6.91. The van der Waals surface area contributed by atoms with Gasteiger partial charge >= 0.3 is 0 Å². The number of hydrogen-bond donors (Lipinski definition) is 2. The fourth-order valence-corrected chi connectivity index (χ4v) is 1.95. The number of hydrogen-bond acceptors (Lipinski definition) is 2. The van der Waals surface area contributed by atoms with Gasteiger partial charge in [0.2, 0.25) is 0 Å². The number of aryl methyl sites for hydroxylation is 1. The Morgan fingerprint density at radius 2 is 2.05 bits per heavy atom. The second-order valence-corrected chi connectivity index (χ2v) is 4.49. The molecule has 0 saturated heterocycles. The molecule has 108 valence electrons. The van der Waals surface area contributed by atoms with Gasteiger partial charge in [0, 0.05) is 30.4 Å².